The first-order chi connectivity index (χ1) is 16.8. The van der Waals surface area contributed by atoms with E-state index in [0.29, 0.717) is 6.54 Å². The van der Waals surface area contributed by atoms with E-state index in [2.05, 4.69) is 5.32 Å². The second-order valence-electron chi connectivity index (χ2n) is 8.71. The quantitative estimate of drug-likeness (QED) is 0.335. The van der Waals surface area contributed by atoms with Crippen molar-refractivity contribution in [3.05, 3.63) is 64.2 Å². The van der Waals surface area contributed by atoms with Crippen LogP contribution in [0.5, 0.6) is 5.75 Å². The van der Waals surface area contributed by atoms with E-state index >= 15 is 0 Å². The average Bonchev–Trinajstić information content (AvgIpc) is 2.83. The zero-order valence-electron chi connectivity index (χ0n) is 21.0. The standard InChI is InChI=1S/C24H32N4O7S/c1-17(2)14-25-24(30)18(3)26(15-19-9-7-6-8-10-19)23(29)16-27(36(5,33)34)21-13-20(28(31)32)11-12-22(21)35-4/h6-13,17-18H,14-16H2,1-5H3,(H,25,30). The maximum Gasteiger partial charge on any atom is 0.271 e. The van der Waals surface area contributed by atoms with E-state index < -0.39 is 33.4 Å². The molecule has 0 saturated carbocycles. The number of nitrogens with one attached hydrogen (secondary N) is 1. The molecule has 0 saturated heterocycles. The van der Waals surface area contributed by atoms with E-state index in [0.717, 1.165) is 22.2 Å². The third kappa shape index (κ3) is 7.67. The summed E-state index contributed by atoms with van der Waals surface area (Å²) in [5.74, 6) is -0.811. The second kappa shape index (κ2) is 12.3. The van der Waals surface area contributed by atoms with Gasteiger partial charge in [-0.15, -0.1) is 0 Å². The molecule has 0 aromatic heterocycles. The fraction of sp³-hybridized carbons (Fsp3) is 0.417. The normalized spacial score (nSPS) is 12.1. The van der Waals surface area contributed by atoms with E-state index in [1.54, 1.807) is 31.2 Å². The van der Waals surface area contributed by atoms with Crippen molar-refractivity contribution in [3.8, 4) is 5.75 Å². The Hall–Kier alpha value is -3.67. The Labute approximate surface area is 211 Å². The number of sulfonamides is 1. The molecule has 2 aromatic rings. The van der Waals surface area contributed by atoms with E-state index in [9.17, 15) is 28.1 Å². The first-order valence-electron chi connectivity index (χ1n) is 11.3. The van der Waals surface area contributed by atoms with Gasteiger partial charge in [-0.25, -0.2) is 8.42 Å². The smallest absolute Gasteiger partial charge is 0.271 e. The minimum Gasteiger partial charge on any atom is -0.495 e. The highest BCUT2D eigenvalue weighted by atomic mass is 32.2. The first kappa shape index (κ1) is 28.6. The third-order valence-corrected chi connectivity index (χ3v) is 6.50. The summed E-state index contributed by atoms with van der Waals surface area (Å²) in [5, 5.41) is 14.1. The maximum absolute atomic E-state index is 13.5. The lowest BCUT2D eigenvalue weighted by atomic mass is 10.1. The van der Waals surface area contributed by atoms with Gasteiger partial charge in [0.1, 0.15) is 24.0 Å². The molecule has 0 bridgehead atoms. The zero-order chi connectivity index (χ0) is 27.0. The van der Waals surface area contributed by atoms with Crippen LogP contribution >= 0.6 is 0 Å². The molecule has 1 unspecified atom stereocenters. The molecule has 36 heavy (non-hydrogen) atoms. The molecule has 12 heteroatoms. The number of benzene rings is 2. The number of carbonyl (C=O) groups excluding carboxylic acids is 2. The van der Waals surface area contributed by atoms with Gasteiger partial charge in [-0.1, -0.05) is 44.2 Å². The van der Waals surface area contributed by atoms with Gasteiger partial charge in [0.05, 0.1) is 18.3 Å². The van der Waals surface area contributed by atoms with E-state index in [-0.39, 0.29) is 35.5 Å². The number of non-ortho nitro benzene ring substituents is 1. The lowest BCUT2D eigenvalue weighted by molar-refractivity contribution is -0.384. The molecule has 11 nitrogen and oxygen atoms in total. The molecule has 2 aromatic carbocycles. The van der Waals surface area contributed by atoms with Crippen LogP contribution in [0.4, 0.5) is 11.4 Å². The van der Waals surface area contributed by atoms with Crippen molar-refractivity contribution in [1.82, 2.24) is 10.2 Å². The maximum atomic E-state index is 13.5. The van der Waals surface area contributed by atoms with Crippen LogP contribution < -0.4 is 14.4 Å². The predicted molar refractivity (Wildman–Crippen MR) is 136 cm³/mol. The monoisotopic (exact) mass is 520 g/mol. The molecule has 0 aliphatic carbocycles. The molecule has 0 spiro atoms. The number of amides is 2. The number of carbonyl (C=O) groups is 2. The number of anilines is 1. The number of nitro groups is 1. The molecule has 2 rings (SSSR count). The fourth-order valence-electron chi connectivity index (χ4n) is 3.40. The summed E-state index contributed by atoms with van der Waals surface area (Å²) >= 11 is 0. The third-order valence-electron chi connectivity index (χ3n) is 5.37. The molecule has 0 aliphatic heterocycles. The van der Waals surface area contributed by atoms with Crippen LogP contribution in [0.1, 0.15) is 26.3 Å². The molecule has 196 valence electrons. The van der Waals surface area contributed by atoms with Gasteiger partial charge in [0.2, 0.25) is 21.8 Å². The topological polar surface area (TPSA) is 139 Å². The second-order valence-corrected chi connectivity index (χ2v) is 10.6. The summed E-state index contributed by atoms with van der Waals surface area (Å²) < 4.78 is 31.4. The summed E-state index contributed by atoms with van der Waals surface area (Å²) in [5.41, 5.74) is 0.224. The summed E-state index contributed by atoms with van der Waals surface area (Å²) in [7, 11) is -2.79. The average molecular weight is 521 g/mol. The van der Waals surface area contributed by atoms with E-state index in [1.165, 1.54) is 24.1 Å². The number of hydrogen-bond acceptors (Lipinski definition) is 7. The Morgan fingerprint density at radius 2 is 1.75 bits per heavy atom. The van der Waals surface area contributed by atoms with Gasteiger partial charge in [-0.2, -0.15) is 0 Å². The molecular formula is C24H32N4O7S. The number of hydrogen-bond donors (Lipinski definition) is 1. The largest absolute Gasteiger partial charge is 0.495 e. The van der Waals surface area contributed by atoms with Crippen molar-refractivity contribution >= 4 is 33.2 Å². The molecule has 0 aliphatic rings. The summed E-state index contributed by atoms with van der Waals surface area (Å²) in [6.07, 6.45) is 0.888. The van der Waals surface area contributed by atoms with E-state index in [1.807, 2.05) is 19.9 Å². The zero-order valence-corrected chi connectivity index (χ0v) is 21.8. The molecule has 1 N–H and O–H groups in total. The van der Waals surface area contributed by atoms with Crippen LogP contribution in [0.3, 0.4) is 0 Å². The summed E-state index contributed by atoms with van der Waals surface area (Å²) in [4.78, 5) is 38.3. The first-order valence-corrected chi connectivity index (χ1v) is 13.1. The number of nitro benzene ring substituents is 1. The number of nitrogens with zero attached hydrogens (tertiary/aromatic N) is 3. The van der Waals surface area contributed by atoms with Crippen LogP contribution in [0, 0.1) is 16.0 Å². The van der Waals surface area contributed by atoms with Gasteiger partial charge in [0.15, 0.2) is 0 Å². The lowest BCUT2D eigenvalue weighted by Gasteiger charge is -2.32. The number of rotatable bonds is 12. The highest BCUT2D eigenvalue weighted by Gasteiger charge is 2.32. The highest BCUT2D eigenvalue weighted by Crippen LogP contribution is 2.33. The SMILES string of the molecule is COc1ccc([N+](=O)[O-])cc1N(CC(=O)N(Cc1ccccc1)C(C)C(=O)NCC(C)C)S(C)(=O)=O. The van der Waals surface area contributed by atoms with Gasteiger partial charge < -0.3 is 15.0 Å². The Bertz CT molecular complexity index is 1190. The van der Waals surface area contributed by atoms with Crippen LogP contribution in [0.25, 0.3) is 0 Å². The highest BCUT2D eigenvalue weighted by molar-refractivity contribution is 7.92. The van der Waals surface area contributed by atoms with Gasteiger partial charge in [0, 0.05) is 25.2 Å². The van der Waals surface area contributed by atoms with Crippen molar-refractivity contribution in [3.63, 3.8) is 0 Å². The molecule has 2 amide bonds. The van der Waals surface area contributed by atoms with Crippen LogP contribution in [-0.4, -0.2) is 62.6 Å². The van der Waals surface area contributed by atoms with E-state index in [4.69, 9.17) is 4.74 Å². The lowest BCUT2D eigenvalue weighted by Crippen LogP contribution is -2.51. The van der Waals surface area contributed by atoms with Crippen molar-refractivity contribution < 1.29 is 27.7 Å². The Balaban J connectivity index is 2.47. The molecule has 1 atom stereocenters. The summed E-state index contributed by atoms with van der Waals surface area (Å²) in [6.45, 7) is 5.22. The number of ether oxygens (including phenoxy) is 1. The van der Waals surface area contributed by atoms with Gasteiger partial charge in [-0.05, 0) is 24.5 Å². The number of methoxy groups -OCH3 is 1. The van der Waals surface area contributed by atoms with Crippen molar-refractivity contribution in [2.45, 2.75) is 33.4 Å². The van der Waals surface area contributed by atoms with Gasteiger partial charge in [0.25, 0.3) is 5.69 Å². The van der Waals surface area contributed by atoms with Crippen LogP contribution in [0.15, 0.2) is 48.5 Å². The molecule has 0 radical (unpaired) electrons. The van der Waals surface area contributed by atoms with Gasteiger partial charge >= 0.3 is 0 Å². The Morgan fingerprint density at radius 1 is 1.11 bits per heavy atom. The van der Waals surface area contributed by atoms with Gasteiger partial charge in [-0.3, -0.25) is 24.0 Å². The van der Waals surface area contributed by atoms with Crippen molar-refractivity contribution in [1.29, 1.82) is 0 Å². The summed E-state index contributed by atoms with van der Waals surface area (Å²) in [6, 6.07) is 11.5. The van der Waals surface area contributed by atoms with Crippen molar-refractivity contribution in [2.75, 3.05) is 30.8 Å². The molecular weight excluding hydrogens is 488 g/mol. The molecule has 0 fully saturated rings. The Morgan fingerprint density at radius 3 is 2.28 bits per heavy atom. The Kier molecular flexibility index (Phi) is 9.79. The van der Waals surface area contributed by atoms with Crippen LogP contribution in [0.2, 0.25) is 0 Å². The minimum atomic E-state index is -4.08. The van der Waals surface area contributed by atoms with Crippen molar-refractivity contribution in [2.24, 2.45) is 5.92 Å². The minimum absolute atomic E-state index is 0.0381. The fourth-order valence-corrected chi connectivity index (χ4v) is 4.24. The van der Waals surface area contributed by atoms with Crippen LogP contribution in [-0.2, 0) is 26.2 Å². The predicted octanol–water partition coefficient (Wildman–Crippen LogP) is 2.56. The molecule has 0 heterocycles.